The van der Waals surface area contributed by atoms with E-state index in [1.165, 1.54) is 18.5 Å². The Labute approximate surface area is 122 Å². The number of nitrogens with zero attached hydrogens (tertiary/aromatic N) is 2. The van der Waals surface area contributed by atoms with E-state index in [9.17, 15) is 14.8 Å². The zero-order chi connectivity index (χ0) is 15.1. The summed E-state index contributed by atoms with van der Waals surface area (Å²) in [5.41, 5.74) is 0.276. The number of amides is 2. The number of fused-ring (bicyclic) bond motifs is 1. The fourth-order valence-electron chi connectivity index (χ4n) is 2.05. The van der Waals surface area contributed by atoms with Gasteiger partial charge in [0.25, 0.3) is 11.8 Å². The lowest BCUT2D eigenvalue weighted by Gasteiger charge is -2.31. The van der Waals surface area contributed by atoms with E-state index >= 15 is 0 Å². The Morgan fingerprint density at radius 1 is 1.35 bits per heavy atom. The van der Waals surface area contributed by atoms with E-state index in [0.717, 1.165) is 9.63 Å². The Balaban J connectivity index is 2.29. The summed E-state index contributed by atoms with van der Waals surface area (Å²) < 4.78 is 0.758. The first kappa shape index (κ1) is 14.7. The third-order valence-corrected chi connectivity index (χ3v) is 3.70. The van der Waals surface area contributed by atoms with Gasteiger partial charge in [-0.3, -0.25) is 19.7 Å². The minimum Gasteiger partial charge on any atom is -0.285 e. The second-order valence-electron chi connectivity index (χ2n) is 5.90. The van der Waals surface area contributed by atoms with Gasteiger partial charge >= 0.3 is 0 Å². The van der Waals surface area contributed by atoms with Crippen LogP contribution in [-0.2, 0) is 0 Å². The molecule has 20 heavy (non-hydrogen) atoms. The van der Waals surface area contributed by atoms with Crippen molar-refractivity contribution in [2.75, 3.05) is 6.54 Å². The van der Waals surface area contributed by atoms with E-state index in [0.29, 0.717) is 5.56 Å². The molecule has 1 aromatic rings. The minimum atomic E-state index is -0.422. The number of rotatable bonds is 3. The van der Waals surface area contributed by atoms with Crippen LogP contribution < -0.4 is 9.57 Å². The van der Waals surface area contributed by atoms with Crippen LogP contribution >= 0.6 is 11.8 Å². The fraction of sp³-hybridized carbons (Fsp3) is 0.462. The molecule has 0 bridgehead atoms. The van der Waals surface area contributed by atoms with Gasteiger partial charge in [0.1, 0.15) is 5.56 Å². The van der Waals surface area contributed by atoms with E-state index in [-0.39, 0.29) is 29.5 Å². The van der Waals surface area contributed by atoms with Gasteiger partial charge in [-0.15, -0.1) is 0 Å². The molecule has 2 N–H and O–H groups in total. The van der Waals surface area contributed by atoms with E-state index in [2.05, 4.69) is 4.84 Å². The van der Waals surface area contributed by atoms with Crippen LogP contribution in [0, 0.1) is 5.41 Å². The van der Waals surface area contributed by atoms with Crippen molar-refractivity contribution in [2.24, 2.45) is 5.41 Å². The second kappa shape index (κ2) is 5.03. The van der Waals surface area contributed by atoms with Crippen LogP contribution in [0.1, 0.15) is 41.5 Å². The van der Waals surface area contributed by atoms with Crippen molar-refractivity contribution in [2.45, 2.75) is 26.8 Å². The highest BCUT2D eigenvalue weighted by molar-refractivity contribution is 6.21. The van der Waals surface area contributed by atoms with Crippen molar-refractivity contribution in [3.05, 3.63) is 29.6 Å². The molecule has 2 amide bonds. The molecule has 0 saturated heterocycles. The van der Waals surface area contributed by atoms with Crippen molar-refractivity contribution in [3.63, 3.8) is 0 Å². The maximum Gasteiger partial charge on any atom is 0.267 e. The molecule has 0 unspecified atom stereocenters. The highest BCUT2D eigenvalue weighted by Crippen LogP contribution is 2.26. The van der Waals surface area contributed by atoms with Crippen LogP contribution in [0.25, 0.3) is 0 Å². The van der Waals surface area contributed by atoms with Gasteiger partial charge < -0.3 is 0 Å². The molecule has 0 aliphatic carbocycles. The Morgan fingerprint density at radius 2 is 1.95 bits per heavy atom. The summed E-state index contributed by atoms with van der Waals surface area (Å²) in [5, 5.41) is 9.35. The molecule has 108 valence electrons. The lowest BCUT2D eigenvalue weighted by atomic mass is 9.87. The third kappa shape index (κ3) is 2.48. The van der Waals surface area contributed by atoms with Gasteiger partial charge in [0.2, 0.25) is 12.4 Å². The average molecular weight is 299 g/mol. The fourth-order valence-corrected chi connectivity index (χ4v) is 2.44. The minimum absolute atomic E-state index is 0.171. The molecule has 7 heteroatoms. The largest absolute Gasteiger partial charge is 0.285 e. The van der Waals surface area contributed by atoms with Gasteiger partial charge in [-0.05, 0) is 17.2 Å². The van der Waals surface area contributed by atoms with Crippen LogP contribution in [0.2, 0.25) is 0 Å². The molecule has 0 spiro atoms. The summed E-state index contributed by atoms with van der Waals surface area (Å²) >= 11 is 5.72. The molecule has 2 rings (SSSR count). The van der Waals surface area contributed by atoms with Gasteiger partial charge in [0.05, 0.1) is 5.56 Å². The number of hydrogen-bond donors (Lipinski definition) is 2. The summed E-state index contributed by atoms with van der Waals surface area (Å²) in [6, 6.07) is 1.18. The quantitative estimate of drug-likeness (QED) is 0.377. The number of carbonyl (C=O) groups is 2. The van der Waals surface area contributed by atoms with Gasteiger partial charge in [-0.1, -0.05) is 20.8 Å². The number of pyridine rings is 1. The van der Waals surface area contributed by atoms with Crippen LogP contribution in [0.5, 0.6) is 0 Å². The first-order valence-electron chi connectivity index (χ1n) is 6.22. The summed E-state index contributed by atoms with van der Waals surface area (Å²) in [6.45, 7) is 6.07. The molecule has 6 nitrogen and oxygen atoms in total. The van der Waals surface area contributed by atoms with Crippen LogP contribution in [0.4, 0.5) is 0 Å². The predicted octanol–water partition coefficient (Wildman–Crippen LogP) is 0.965. The van der Waals surface area contributed by atoms with Gasteiger partial charge in [0.15, 0.2) is 0 Å². The topological polar surface area (TPSA) is 73.5 Å². The molecule has 1 atom stereocenters. The van der Waals surface area contributed by atoms with E-state index in [1.54, 1.807) is 0 Å². The van der Waals surface area contributed by atoms with Crippen molar-refractivity contribution in [3.8, 4) is 0 Å². The molecule has 0 saturated carbocycles. The number of hydrogen-bond acceptors (Lipinski definition) is 4. The van der Waals surface area contributed by atoms with Crippen molar-refractivity contribution in [1.29, 1.82) is 0 Å². The molecular weight excluding hydrogens is 282 g/mol. The van der Waals surface area contributed by atoms with Crippen molar-refractivity contribution < 1.29 is 19.5 Å². The van der Waals surface area contributed by atoms with Gasteiger partial charge in [-0.25, -0.2) is 4.84 Å². The van der Waals surface area contributed by atoms with E-state index < -0.39 is 5.91 Å². The smallest absolute Gasteiger partial charge is 0.267 e. The Bertz CT molecular complexity index is 568. The lowest BCUT2D eigenvalue weighted by molar-refractivity contribution is -0.904. The molecule has 2 heterocycles. The lowest BCUT2D eigenvalue weighted by Crippen LogP contribution is -2.47. The third-order valence-electron chi connectivity index (χ3n) is 3.44. The second-order valence-corrected chi connectivity index (χ2v) is 6.12. The molecule has 0 fully saturated rings. The van der Waals surface area contributed by atoms with Crippen molar-refractivity contribution >= 4 is 23.6 Å². The highest BCUT2D eigenvalue weighted by Gasteiger charge is 2.40. The Hall–Kier alpha value is -1.66. The molecule has 1 aliphatic heterocycles. The first-order valence-corrected chi connectivity index (χ1v) is 6.60. The highest BCUT2D eigenvalue weighted by atomic mass is 35.5. The number of halogens is 1. The summed E-state index contributed by atoms with van der Waals surface area (Å²) in [5.74, 6) is -0.790. The summed E-state index contributed by atoms with van der Waals surface area (Å²) in [7, 11) is 0. The van der Waals surface area contributed by atoms with Crippen molar-refractivity contribution in [1.82, 2.24) is 9.74 Å². The molecule has 0 radical (unpaired) electrons. The summed E-state index contributed by atoms with van der Waals surface area (Å²) in [4.78, 5) is 28.3. The SMILES string of the molecule is CC(C)(C)[C@@H](CN1C(=O)c2cc[n+](O)cc2C1=O)NCl. The molecule has 1 aliphatic rings. The molecular formula is C13H17ClN3O3+. The van der Waals surface area contributed by atoms with Crippen LogP contribution in [-0.4, -0.2) is 34.5 Å². The van der Waals surface area contributed by atoms with Crippen LogP contribution in [0.15, 0.2) is 18.5 Å². The molecule has 1 aromatic heterocycles. The summed E-state index contributed by atoms with van der Waals surface area (Å²) in [6.07, 6.45) is 2.55. The maximum atomic E-state index is 12.2. The number of nitrogens with one attached hydrogen (secondary N) is 1. The van der Waals surface area contributed by atoms with Gasteiger partial charge in [-0.2, -0.15) is 0 Å². The number of imide groups is 1. The Kier molecular flexibility index (Phi) is 3.71. The Morgan fingerprint density at radius 3 is 2.50 bits per heavy atom. The number of aromatic nitrogens is 1. The average Bonchev–Trinajstić information content (AvgIpc) is 2.58. The van der Waals surface area contributed by atoms with E-state index in [4.69, 9.17) is 11.8 Å². The molecule has 0 aromatic carbocycles. The van der Waals surface area contributed by atoms with E-state index in [1.807, 2.05) is 20.8 Å². The van der Waals surface area contributed by atoms with Gasteiger partial charge in [0, 0.05) is 23.4 Å². The predicted molar refractivity (Wildman–Crippen MR) is 71.4 cm³/mol. The zero-order valence-electron chi connectivity index (χ0n) is 11.6. The van der Waals surface area contributed by atoms with Crippen LogP contribution in [0.3, 0.4) is 0 Å². The zero-order valence-corrected chi connectivity index (χ0v) is 12.3. The monoisotopic (exact) mass is 298 g/mol. The normalized spacial score (nSPS) is 16.5. The standard InChI is InChI=1S/C13H17ClN3O3/c1-13(2,3)10(15-14)7-17-11(18)8-4-5-16(20)6-9(8)12(17)19/h4-6,10,15,20H,7H2,1-3H3/q+1/t10-/m1/s1. The number of carbonyl (C=O) groups excluding carboxylic acids is 2. The first-order chi connectivity index (χ1) is 9.25. The maximum absolute atomic E-state index is 12.2.